The largest absolute Gasteiger partial charge is 0.311 e. The van der Waals surface area contributed by atoms with Crippen LogP contribution in [0, 0.1) is 13.8 Å². The van der Waals surface area contributed by atoms with Crippen LogP contribution in [-0.2, 0) is 10.0 Å². The maximum absolute atomic E-state index is 12.8. The summed E-state index contributed by atoms with van der Waals surface area (Å²) in [4.78, 5) is 14.5. The predicted molar refractivity (Wildman–Crippen MR) is 98.4 cm³/mol. The Bertz CT molecular complexity index is 918. The molecule has 1 N–H and O–H groups in total. The molecule has 5 nitrogen and oxygen atoms in total. The first kappa shape index (κ1) is 17.6. The van der Waals surface area contributed by atoms with Crippen LogP contribution in [0.2, 0.25) is 0 Å². The SMILES string of the molecule is Cc1cccc(N(C)C(=O)c2cccc(S(=O)(=O)NC3CC3)c2)c1C. The van der Waals surface area contributed by atoms with Crippen LogP contribution in [-0.4, -0.2) is 27.4 Å². The molecule has 0 unspecified atom stereocenters. The van der Waals surface area contributed by atoms with Crippen LogP contribution in [0.4, 0.5) is 5.69 Å². The molecule has 3 rings (SSSR count). The van der Waals surface area contributed by atoms with Crippen molar-refractivity contribution in [1.82, 2.24) is 4.72 Å². The molecule has 1 fully saturated rings. The molecule has 0 aliphatic heterocycles. The Hall–Kier alpha value is -2.18. The minimum absolute atomic E-state index is 0.0296. The minimum atomic E-state index is -3.58. The van der Waals surface area contributed by atoms with Gasteiger partial charge in [0.15, 0.2) is 0 Å². The van der Waals surface area contributed by atoms with Crippen molar-refractivity contribution in [2.45, 2.75) is 37.6 Å². The molecule has 0 radical (unpaired) electrons. The van der Waals surface area contributed by atoms with Gasteiger partial charge in [-0.15, -0.1) is 0 Å². The third-order valence-corrected chi connectivity index (χ3v) is 6.05. The minimum Gasteiger partial charge on any atom is -0.311 e. The number of nitrogens with zero attached hydrogens (tertiary/aromatic N) is 1. The molecule has 6 heteroatoms. The molecule has 0 heterocycles. The summed E-state index contributed by atoms with van der Waals surface area (Å²) in [6, 6.07) is 12.0. The molecule has 1 aliphatic carbocycles. The van der Waals surface area contributed by atoms with Crippen molar-refractivity contribution in [3.63, 3.8) is 0 Å². The number of amides is 1. The molecule has 1 saturated carbocycles. The zero-order valence-corrected chi connectivity index (χ0v) is 15.4. The fourth-order valence-electron chi connectivity index (χ4n) is 2.69. The third kappa shape index (κ3) is 3.75. The number of anilines is 1. The second-order valence-electron chi connectivity index (χ2n) is 6.51. The van der Waals surface area contributed by atoms with Crippen LogP contribution in [0.15, 0.2) is 47.4 Å². The van der Waals surface area contributed by atoms with Crippen molar-refractivity contribution in [2.75, 3.05) is 11.9 Å². The average Bonchev–Trinajstić information content (AvgIpc) is 3.39. The first-order valence-corrected chi connectivity index (χ1v) is 9.74. The van der Waals surface area contributed by atoms with Gasteiger partial charge in [-0.3, -0.25) is 4.79 Å². The predicted octanol–water partition coefficient (Wildman–Crippen LogP) is 3.02. The van der Waals surface area contributed by atoms with Crippen LogP contribution in [0.5, 0.6) is 0 Å². The first-order chi connectivity index (χ1) is 11.8. The maximum atomic E-state index is 12.8. The monoisotopic (exact) mass is 358 g/mol. The number of carbonyl (C=O) groups excluding carboxylic acids is 1. The fraction of sp³-hybridized carbons (Fsp3) is 0.316. The lowest BCUT2D eigenvalue weighted by Gasteiger charge is -2.21. The summed E-state index contributed by atoms with van der Waals surface area (Å²) in [6.45, 7) is 3.96. The highest BCUT2D eigenvalue weighted by Gasteiger charge is 2.28. The Morgan fingerprint density at radius 2 is 1.80 bits per heavy atom. The van der Waals surface area contributed by atoms with Crippen molar-refractivity contribution in [3.05, 3.63) is 59.2 Å². The third-order valence-electron chi connectivity index (χ3n) is 4.53. The van der Waals surface area contributed by atoms with Gasteiger partial charge in [0.2, 0.25) is 10.0 Å². The van der Waals surface area contributed by atoms with E-state index in [0.29, 0.717) is 5.56 Å². The fourth-order valence-corrected chi connectivity index (χ4v) is 4.04. The van der Waals surface area contributed by atoms with Crippen molar-refractivity contribution in [2.24, 2.45) is 0 Å². The number of aryl methyl sites for hydroxylation is 1. The topological polar surface area (TPSA) is 66.5 Å². The van der Waals surface area contributed by atoms with Gasteiger partial charge in [0, 0.05) is 24.3 Å². The lowest BCUT2D eigenvalue weighted by atomic mass is 10.1. The normalized spacial score (nSPS) is 14.4. The summed E-state index contributed by atoms with van der Waals surface area (Å²) in [6.07, 6.45) is 1.74. The van der Waals surface area contributed by atoms with E-state index in [0.717, 1.165) is 29.7 Å². The van der Waals surface area contributed by atoms with Gasteiger partial charge in [-0.2, -0.15) is 0 Å². The standard InChI is InChI=1S/C19H22N2O3S/c1-13-6-4-9-18(14(13)2)21(3)19(22)15-7-5-8-17(12-15)25(23,24)20-16-10-11-16/h4-9,12,16,20H,10-11H2,1-3H3. The first-order valence-electron chi connectivity index (χ1n) is 8.26. The molecule has 0 saturated heterocycles. The quantitative estimate of drug-likeness (QED) is 0.893. The van der Waals surface area contributed by atoms with Gasteiger partial charge in [-0.05, 0) is 62.1 Å². The summed E-state index contributed by atoms with van der Waals surface area (Å²) in [5.74, 6) is -0.239. The molecule has 0 atom stereocenters. The number of carbonyl (C=O) groups is 1. The highest BCUT2D eigenvalue weighted by molar-refractivity contribution is 7.89. The van der Waals surface area contributed by atoms with E-state index in [9.17, 15) is 13.2 Å². The van der Waals surface area contributed by atoms with Crippen LogP contribution < -0.4 is 9.62 Å². The zero-order valence-electron chi connectivity index (χ0n) is 14.6. The second kappa shape index (κ2) is 6.61. The van der Waals surface area contributed by atoms with Gasteiger partial charge >= 0.3 is 0 Å². The van der Waals surface area contributed by atoms with Gasteiger partial charge in [-0.1, -0.05) is 18.2 Å². The summed E-state index contributed by atoms with van der Waals surface area (Å²) in [5.41, 5.74) is 3.29. The molecule has 2 aromatic carbocycles. The molecular weight excluding hydrogens is 336 g/mol. The Balaban J connectivity index is 1.89. The van der Waals surface area contributed by atoms with Crippen molar-refractivity contribution in [1.29, 1.82) is 0 Å². The van der Waals surface area contributed by atoms with E-state index in [4.69, 9.17) is 0 Å². The van der Waals surface area contributed by atoms with Crippen LogP contribution in [0.3, 0.4) is 0 Å². The Morgan fingerprint density at radius 3 is 2.48 bits per heavy atom. The maximum Gasteiger partial charge on any atom is 0.258 e. The number of sulfonamides is 1. The van der Waals surface area contributed by atoms with E-state index >= 15 is 0 Å². The summed E-state index contributed by atoms with van der Waals surface area (Å²) >= 11 is 0. The number of benzene rings is 2. The van der Waals surface area contributed by atoms with Gasteiger partial charge in [0.1, 0.15) is 0 Å². The highest BCUT2D eigenvalue weighted by atomic mass is 32.2. The van der Waals surface area contributed by atoms with Gasteiger partial charge in [0.25, 0.3) is 5.91 Å². The number of nitrogens with one attached hydrogen (secondary N) is 1. The van der Waals surface area contributed by atoms with Crippen molar-refractivity contribution in [3.8, 4) is 0 Å². The Kier molecular flexibility index (Phi) is 4.67. The highest BCUT2D eigenvalue weighted by Crippen LogP contribution is 2.25. The summed E-state index contributed by atoms with van der Waals surface area (Å²) in [7, 11) is -1.88. The van der Waals surface area contributed by atoms with Gasteiger partial charge in [0.05, 0.1) is 4.90 Å². The van der Waals surface area contributed by atoms with E-state index in [-0.39, 0.29) is 16.8 Å². The van der Waals surface area contributed by atoms with E-state index in [2.05, 4.69) is 4.72 Å². The second-order valence-corrected chi connectivity index (χ2v) is 8.22. The van der Waals surface area contributed by atoms with Gasteiger partial charge < -0.3 is 4.90 Å². The molecule has 1 amide bonds. The van der Waals surface area contributed by atoms with Crippen molar-refractivity contribution < 1.29 is 13.2 Å². The summed E-state index contributed by atoms with van der Waals surface area (Å²) < 4.78 is 27.4. The molecular formula is C19H22N2O3S. The summed E-state index contributed by atoms with van der Waals surface area (Å²) in [5, 5.41) is 0. The molecule has 132 valence electrons. The average molecular weight is 358 g/mol. The van der Waals surface area contributed by atoms with E-state index in [1.54, 1.807) is 24.1 Å². The Morgan fingerprint density at radius 1 is 1.12 bits per heavy atom. The Labute approximate surface area is 148 Å². The molecule has 0 spiro atoms. The number of rotatable bonds is 5. The number of hydrogen-bond donors (Lipinski definition) is 1. The number of hydrogen-bond acceptors (Lipinski definition) is 3. The van der Waals surface area contributed by atoms with E-state index in [1.165, 1.54) is 12.1 Å². The van der Waals surface area contributed by atoms with Crippen LogP contribution in [0.1, 0.15) is 34.3 Å². The molecule has 0 aromatic heterocycles. The lowest BCUT2D eigenvalue weighted by molar-refractivity contribution is 0.0992. The van der Waals surface area contributed by atoms with E-state index in [1.807, 2.05) is 32.0 Å². The molecule has 0 bridgehead atoms. The zero-order chi connectivity index (χ0) is 18.2. The molecule has 1 aliphatic rings. The molecule has 25 heavy (non-hydrogen) atoms. The van der Waals surface area contributed by atoms with E-state index < -0.39 is 10.0 Å². The van der Waals surface area contributed by atoms with Crippen LogP contribution in [0.25, 0.3) is 0 Å². The molecule has 2 aromatic rings. The smallest absolute Gasteiger partial charge is 0.258 e. The lowest BCUT2D eigenvalue weighted by Crippen LogP contribution is -2.28. The van der Waals surface area contributed by atoms with Crippen molar-refractivity contribution >= 4 is 21.6 Å². The van der Waals surface area contributed by atoms with Gasteiger partial charge in [-0.25, -0.2) is 13.1 Å². The van der Waals surface area contributed by atoms with Crippen LogP contribution >= 0.6 is 0 Å².